The van der Waals surface area contributed by atoms with Crippen LogP contribution in [-0.2, 0) is 10.9 Å². The van der Waals surface area contributed by atoms with Crippen LogP contribution in [0.15, 0.2) is 70.5 Å². The average Bonchev–Trinajstić information content (AvgIpc) is 2.48. The minimum Gasteiger partial charge on any atom is -0.418 e. The second kappa shape index (κ2) is 9.80. The molecule has 0 atom stereocenters. The van der Waals surface area contributed by atoms with E-state index in [1.807, 2.05) is 0 Å². The van der Waals surface area contributed by atoms with Crippen LogP contribution in [0.25, 0.3) is 0 Å². The summed E-state index contributed by atoms with van der Waals surface area (Å²) < 4.78 is 39.0. The molecule has 0 N–H and O–H groups in total. The van der Waals surface area contributed by atoms with Gasteiger partial charge in [0.2, 0.25) is 0 Å². The number of halogens is 5. The highest BCUT2D eigenvalue weighted by atomic mass is 35.5. The van der Waals surface area contributed by atoms with Crippen LogP contribution in [0.4, 0.5) is 17.3 Å². The number of alkyl halides is 1. The van der Waals surface area contributed by atoms with E-state index in [9.17, 15) is 17.3 Å². The zero-order chi connectivity index (χ0) is 16.4. The second-order valence-corrected chi connectivity index (χ2v) is 6.77. The Morgan fingerprint density at radius 1 is 0.773 bits per heavy atom. The molecule has 0 aliphatic heterocycles. The highest BCUT2D eigenvalue weighted by Gasteiger charge is 2.23. The normalized spacial score (nSPS) is 11.0. The predicted molar refractivity (Wildman–Crippen MR) is 87.2 cm³/mol. The van der Waals surface area contributed by atoms with Crippen molar-refractivity contribution in [1.29, 1.82) is 0 Å². The van der Waals surface area contributed by atoms with Crippen LogP contribution in [-0.4, -0.2) is 18.9 Å². The largest absolute Gasteiger partial charge is 0.673 e. The maximum absolute atomic E-state index is 9.75. The first-order valence-electron chi connectivity index (χ1n) is 6.66. The molecule has 0 aliphatic carbocycles. The van der Waals surface area contributed by atoms with Gasteiger partial charge in [-0.2, -0.15) is 0 Å². The van der Waals surface area contributed by atoms with Crippen molar-refractivity contribution in [2.45, 2.75) is 16.2 Å². The van der Waals surface area contributed by atoms with Crippen LogP contribution in [0.3, 0.4) is 0 Å². The summed E-state index contributed by atoms with van der Waals surface area (Å²) in [5, 5.41) is 0. The topological polar surface area (TPSA) is 0 Å². The minimum absolute atomic E-state index is 0.164. The lowest BCUT2D eigenvalue weighted by atomic mass is 10.3. The summed E-state index contributed by atoms with van der Waals surface area (Å²) in [6, 6.07) is 21.4. The Morgan fingerprint density at radius 2 is 1.14 bits per heavy atom. The minimum atomic E-state index is -6.00. The van der Waals surface area contributed by atoms with Crippen LogP contribution in [0, 0.1) is 0 Å². The van der Waals surface area contributed by atoms with E-state index in [1.165, 1.54) is 9.79 Å². The molecule has 22 heavy (non-hydrogen) atoms. The number of hydrogen-bond donors (Lipinski definition) is 0. The van der Waals surface area contributed by atoms with Crippen LogP contribution in [0.5, 0.6) is 0 Å². The van der Waals surface area contributed by atoms with Crippen molar-refractivity contribution in [3.8, 4) is 0 Å². The van der Waals surface area contributed by atoms with Crippen LogP contribution >= 0.6 is 11.6 Å². The molecular weight excluding hydrogens is 334 g/mol. The van der Waals surface area contributed by atoms with Gasteiger partial charge in [-0.25, -0.2) is 0 Å². The molecule has 120 valence electrons. The Bertz CT molecular complexity index is 477. The van der Waals surface area contributed by atoms with Crippen molar-refractivity contribution in [3.05, 3.63) is 60.7 Å². The van der Waals surface area contributed by atoms with Gasteiger partial charge in [0.1, 0.15) is 5.75 Å². The Hall–Kier alpha value is -1.14. The summed E-state index contributed by atoms with van der Waals surface area (Å²) in [4.78, 5) is 2.81. The van der Waals surface area contributed by atoms with Crippen LogP contribution in [0.1, 0.15) is 6.42 Å². The van der Waals surface area contributed by atoms with Gasteiger partial charge in [0.15, 0.2) is 9.79 Å². The summed E-state index contributed by atoms with van der Waals surface area (Å²) in [6.07, 6.45) is 1.06. The Morgan fingerprint density at radius 3 is 1.45 bits per heavy atom. The van der Waals surface area contributed by atoms with E-state index >= 15 is 0 Å². The molecule has 0 unspecified atom stereocenters. The van der Waals surface area contributed by atoms with E-state index < -0.39 is 7.25 Å². The fraction of sp³-hybridized carbons (Fsp3) is 0.200. The zero-order valence-corrected chi connectivity index (χ0v) is 13.3. The first kappa shape index (κ1) is 18.9. The van der Waals surface area contributed by atoms with E-state index in [0.717, 1.165) is 18.1 Å². The molecule has 0 amide bonds. The van der Waals surface area contributed by atoms with Gasteiger partial charge in [-0.05, 0) is 24.3 Å². The van der Waals surface area contributed by atoms with Gasteiger partial charge in [0, 0.05) is 12.3 Å². The summed E-state index contributed by atoms with van der Waals surface area (Å²) >= 11 is 5.82. The second-order valence-electron chi connectivity index (χ2n) is 4.26. The fourth-order valence-electron chi connectivity index (χ4n) is 1.74. The van der Waals surface area contributed by atoms with E-state index in [1.54, 1.807) is 0 Å². The van der Waals surface area contributed by atoms with Gasteiger partial charge in [0.25, 0.3) is 0 Å². The van der Waals surface area contributed by atoms with Crippen LogP contribution < -0.4 is 0 Å². The molecule has 0 fully saturated rings. The molecular formula is C15H16BClF4S. The Kier molecular flexibility index (Phi) is 8.42. The van der Waals surface area contributed by atoms with E-state index in [2.05, 4.69) is 60.7 Å². The molecule has 0 saturated heterocycles. The van der Waals surface area contributed by atoms with Crippen molar-refractivity contribution in [2.24, 2.45) is 0 Å². The predicted octanol–water partition coefficient (Wildman–Crippen LogP) is 5.65. The monoisotopic (exact) mass is 350 g/mol. The maximum Gasteiger partial charge on any atom is 0.673 e. The number of rotatable bonds is 5. The first-order valence-corrected chi connectivity index (χ1v) is 8.59. The third-order valence-electron chi connectivity index (χ3n) is 2.54. The standard InChI is InChI=1S/C15H16ClS.BF4/c16-12-7-13-17(14-8-3-1-4-9-14)15-10-5-2-6-11-15;2-1(3,4)5/h1-6,8-11H,7,12-13H2;/q+1;-1. The summed E-state index contributed by atoms with van der Waals surface area (Å²) in [7, 11) is -5.84. The van der Waals surface area contributed by atoms with Crippen molar-refractivity contribution in [3.63, 3.8) is 0 Å². The molecule has 0 saturated carbocycles. The molecule has 2 aromatic rings. The zero-order valence-electron chi connectivity index (χ0n) is 11.8. The molecule has 0 radical (unpaired) electrons. The van der Waals surface area contributed by atoms with Gasteiger partial charge in [-0.15, -0.1) is 11.6 Å². The van der Waals surface area contributed by atoms with Crippen molar-refractivity contribution in [1.82, 2.24) is 0 Å². The van der Waals surface area contributed by atoms with Crippen molar-refractivity contribution < 1.29 is 17.3 Å². The molecule has 0 heterocycles. The van der Waals surface area contributed by atoms with E-state index in [0.29, 0.717) is 0 Å². The van der Waals surface area contributed by atoms with Gasteiger partial charge in [-0.3, -0.25) is 0 Å². The number of hydrogen-bond acceptors (Lipinski definition) is 0. The number of benzene rings is 2. The average molecular weight is 351 g/mol. The smallest absolute Gasteiger partial charge is 0.418 e. The molecule has 0 aromatic heterocycles. The summed E-state index contributed by atoms with van der Waals surface area (Å²) in [5.74, 6) is 1.88. The SMILES string of the molecule is ClCCC[S+](c1ccccc1)c1ccccc1.F[B-](F)(F)F. The molecule has 0 bridgehead atoms. The highest BCUT2D eigenvalue weighted by molar-refractivity contribution is 7.97. The first-order chi connectivity index (χ1) is 10.4. The summed E-state index contributed by atoms with van der Waals surface area (Å²) in [5.41, 5.74) is 0. The molecule has 0 aliphatic rings. The lowest BCUT2D eigenvalue weighted by Gasteiger charge is -2.06. The Labute approximate surface area is 136 Å². The molecule has 7 heteroatoms. The molecule has 0 spiro atoms. The molecule has 0 nitrogen and oxygen atoms in total. The van der Waals surface area contributed by atoms with E-state index in [-0.39, 0.29) is 10.9 Å². The van der Waals surface area contributed by atoms with Gasteiger partial charge in [-0.1, -0.05) is 36.4 Å². The van der Waals surface area contributed by atoms with E-state index in [4.69, 9.17) is 11.6 Å². The highest BCUT2D eigenvalue weighted by Crippen LogP contribution is 2.24. The molecule has 2 rings (SSSR count). The lowest BCUT2D eigenvalue weighted by Crippen LogP contribution is -2.09. The van der Waals surface area contributed by atoms with Gasteiger partial charge < -0.3 is 17.3 Å². The third-order valence-corrected chi connectivity index (χ3v) is 5.18. The fourth-order valence-corrected chi connectivity index (χ4v) is 4.18. The maximum atomic E-state index is 9.75. The summed E-state index contributed by atoms with van der Waals surface area (Å²) in [6.45, 7) is 0. The Balaban J connectivity index is 0.000000422. The van der Waals surface area contributed by atoms with Crippen LogP contribution in [0.2, 0.25) is 0 Å². The lowest BCUT2D eigenvalue weighted by molar-refractivity contribution is 0.368. The van der Waals surface area contributed by atoms with Gasteiger partial charge in [0.05, 0.1) is 10.9 Å². The van der Waals surface area contributed by atoms with Gasteiger partial charge >= 0.3 is 7.25 Å². The molecule has 2 aromatic carbocycles. The van der Waals surface area contributed by atoms with Crippen molar-refractivity contribution in [2.75, 3.05) is 11.6 Å². The third kappa shape index (κ3) is 8.34. The quantitative estimate of drug-likeness (QED) is 0.283. The van der Waals surface area contributed by atoms with Crippen molar-refractivity contribution >= 4 is 29.8 Å².